The van der Waals surface area contributed by atoms with Gasteiger partial charge in [-0.05, 0) is 79.6 Å². The minimum Gasteiger partial charge on any atom is -0.466 e. The molecular formula is C30H32N6O5S2. The number of aryl methyl sites for hydroxylation is 2. The number of sulfonamides is 1. The van der Waals surface area contributed by atoms with Gasteiger partial charge in [0.1, 0.15) is 10.4 Å². The highest BCUT2D eigenvalue weighted by Gasteiger charge is 2.36. The fraction of sp³-hybridized carbons (Fsp3) is 0.333. The van der Waals surface area contributed by atoms with Crippen LogP contribution >= 0.6 is 11.3 Å². The Morgan fingerprint density at radius 2 is 1.91 bits per heavy atom. The number of nitrogens with zero attached hydrogens (tertiary/aromatic N) is 4. The van der Waals surface area contributed by atoms with E-state index in [2.05, 4.69) is 16.3 Å². The number of likely N-dealkylation sites (tertiary alicyclic amines) is 1. The van der Waals surface area contributed by atoms with E-state index in [1.807, 2.05) is 25.3 Å². The number of carbonyl (C=O) groups excluding carboxylic acids is 1. The molecule has 224 valence electrons. The number of nitrogens with one attached hydrogen (secondary N) is 1. The number of anilines is 1. The van der Waals surface area contributed by atoms with E-state index in [4.69, 9.17) is 24.6 Å². The molecule has 0 aliphatic carbocycles. The van der Waals surface area contributed by atoms with Crippen LogP contribution in [-0.4, -0.2) is 55.0 Å². The van der Waals surface area contributed by atoms with Crippen molar-refractivity contribution in [1.82, 2.24) is 14.9 Å². The highest BCUT2D eigenvalue weighted by Crippen LogP contribution is 2.36. The molecule has 1 saturated heterocycles. The first-order chi connectivity index (χ1) is 20.5. The van der Waals surface area contributed by atoms with Crippen molar-refractivity contribution in [1.29, 1.82) is 5.26 Å². The van der Waals surface area contributed by atoms with Crippen molar-refractivity contribution in [3.05, 3.63) is 70.1 Å². The zero-order valence-corrected chi connectivity index (χ0v) is 25.7. The predicted molar refractivity (Wildman–Crippen MR) is 163 cm³/mol. The van der Waals surface area contributed by atoms with Crippen LogP contribution in [0, 0.1) is 31.1 Å². The Bertz CT molecular complexity index is 1780. The van der Waals surface area contributed by atoms with Crippen LogP contribution in [0.1, 0.15) is 35.6 Å². The predicted octanol–water partition coefficient (Wildman–Crippen LogP) is 4.49. The van der Waals surface area contributed by atoms with Crippen LogP contribution in [0.2, 0.25) is 0 Å². The first-order valence-corrected chi connectivity index (χ1v) is 16.2. The Hall–Kier alpha value is -4.09. The van der Waals surface area contributed by atoms with E-state index in [9.17, 15) is 18.5 Å². The highest BCUT2D eigenvalue weighted by atomic mass is 32.2. The van der Waals surface area contributed by atoms with Crippen LogP contribution in [-0.2, 0) is 26.1 Å². The molecule has 13 heteroatoms. The molecule has 1 aliphatic rings. The maximum atomic E-state index is 13.1. The molecule has 2 aromatic carbocycles. The largest absolute Gasteiger partial charge is 0.466 e. The molecule has 3 heterocycles. The van der Waals surface area contributed by atoms with Crippen molar-refractivity contribution in [2.75, 3.05) is 25.0 Å². The smallest absolute Gasteiger partial charge is 0.312 e. The summed E-state index contributed by atoms with van der Waals surface area (Å²) in [5.74, 6) is 0.563. The van der Waals surface area contributed by atoms with Crippen molar-refractivity contribution >= 4 is 43.5 Å². The lowest BCUT2D eigenvalue weighted by Gasteiger charge is -2.37. The first kappa shape index (κ1) is 30.4. The second-order valence-electron chi connectivity index (χ2n) is 10.5. The van der Waals surface area contributed by atoms with Crippen LogP contribution in [0.4, 0.5) is 5.95 Å². The van der Waals surface area contributed by atoms with E-state index < -0.39 is 15.9 Å². The van der Waals surface area contributed by atoms with Gasteiger partial charge in [0.15, 0.2) is 0 Å². The van der Waals surface area contributed by atoms with Gasteiger partial charge in [-0.2, -0.15) is 10.2 Å². The van der Waals surface area contributed by atoms with Crippen LogP contribution in [0.25, 0.3) is 10.2 Å². The monoisotopic (exact) mass is 620 g/mol. The molecule has 1 fully saturated rings. The normalized spacial score (nSPS) is 17.4. The molecule has 0 amide bonds. The van der Waals surface area contributed by atoms with Gasteiger partial charge in [-0.1, -0.05) is 12.1 Å². The molecule has 43 heavy (non-hydrogen) atoms. The number of rotatable bonds is 9. The lowest BCUT2D eigenvalue weighted by Crippen LogP contribution is -2.49. The zero-order valence-electron chi connectivity index (χ0n) is 24.0. The Kier molecular flexibility index (Phi) is 8.93. The number of ether oxygens (including phenoxy) is 2. The molecule has 2 aromatic heterocycles. The van der Waals surface area contributed by atoms with Gasteiger partial charge in [0.25, 0.3) is 0 Å². The maximum Gasteiger partial charge on any atom is 0.312 e. The van der Waals surface area contributed by atoms with E-state index in [1.54, 1.807) is 31.2 Å². The fourth-order valence-corrected chi connectivity index (χ4v) is 6.55. The Labute approximate surface area is 254 Å². The summed E-state index contributed by atoms with van der Waals surface area (Å²) in [4.78, 5) is 24.7. The number of esters is 1. The molecule has 1 aliphatic heterocycles. The molecule has 2 unspecified atom stereocenters. The Balaban J connectivity index is 1.37. The van der Waals surface area contributed by atoms with Gasteiger partial charge < -0.3 is 14.8 Å². The molecule has 2 atom stereocenters. The number of thiophene rings is 1. The summed E-state index contributed by atoms with van der Waals surface area (Å²) in [7, 11) is -3.77. The molecule has 4 aromatic rings. The van der Waals surface area contributed by atoms with Gasteiger partial charge in [0.05, 0.1) is 34.6 Å². The number of fused-ring (bicyclic) bond motifs is 1. The fourth-order valence-electron chi connectivity index (χ4n) is 5.28. The summed E-state index contributed by atoms with van der Waals surface area (Å²) >= 11 is 1.47. The molecule has 11 nitrogen and oxygen atoms in total. The number of primary sulfonamides is 1. The number of piperidine rings is 1. The van der Waals surface area contributed by atoms with Crippen LogP contribution < -0.4 is 15.2 Å². The van der Waals surface area contributed by atoms with Gasteiger partial charge in [-0.15, -0.1) is 11.3 Å². The average molecular weight is 621 g/mol. The van der Waals surface area contributed by atoms with Crippen LogP contribution in [0.15, 0.2) is 52.7 Å². The minimum atomic E-state index is -3.77. The Morgan fingerprint density at radius 3 is 2.56 bits per heavy atom. The number of hydrogen-bond donors (Lipinski definition) is 2. The van der Waals surface area contributed by atoms with E-state index in [-0.39, 0.29) is 23.5 Å². The third-order valence-corrected chi connectivity index (χ3v) is 9.14. The molecular weight excluding hydrogens is 589 g/mol. The third-order valence-electron chi connectivity index (χ3n) is 7.32. The van der Waals surface area contributed by atoms with Crippen molar-refractivity contribution in [2.45, 2.75) is 44.7 Å². The molecule has 5 rings (SSSR count). The number of aromatic nitrogens is 2. The molecule has 0 spiro atoms. The van der Waals surface area contributed by atoms with Crippen LogP contribution in [0.5, 0.6) is 11.6 Å². The van der Waals surface area contributed by atoms with E-state index >= 15 is 0 Å². The lowest BCUT2D eigenvalue weighted by molar-refractivity contribution is -0.150. The van der Waals surface area contributed by atoms with E-state index in [0.29, 0.717) is 49.2 Å². The van der Waals surface area contributed by atoms with Gasteiger partial charge in [0, 0.05) is 25.7 Å². The second-order valence-corrected chi connectivity index (χ2v) is 12.9. The average Bonchev–Trinajstić information content (AvgIpc) is 3.44. The lowest BCUT2D eigenvalue weighted by atomic mass is 9.91. The first-order valence-electron chi connectivity index (χ1n) is 13.8. The molecule has 0 saturated carbocycles. The van der Waals surface area contributed by atoms with Gasteiger partial charge in [0.2, 0.25) is 21.9 Å². The SMILES string of the molecule is CCOC(=O)C1CN(Cc2ccc(S(N)(=O)=O)cc2)CCC1Nc1nc(Oc2c(C)cc(C#N)cc2C)c2sccc2n1. The molecule has 0 radical (unpaired) electrons. The topological polar surface area (TPSA) is 161 Å². The summed E-state index contributed by atoms with van der Waals surface area (Å²) in [6.07, 6.45) is 0.619. The second kappa shape index (κ2) is 12.6. The van der Waals surface area contributed by atoms with Crippen molar-refractivity contribution in [3.8, 4) is 17.7 Å². The maximum absolute atomic E-state index is 13.1. The number of nitrogens with two attached hydrogens (primary N) is 1. The van der Waals surface area contributed by atoms with Crippen molar-refractivity contribution in [3.63, 3.8) is 0 Å². The summed E-state index contributed by atoms with van der Waals surface area (Å²) in [5.41, 5.74) is 3.83. The zero-order chi connectivity index (χ0) is 30.7. The van der Waals surface area contributed by atoms with Crippen molar-refractivity contribution in [2.24, 2.45) is 11.1 Å². The minimum absolute atomic E-state index is 0.0546. The summed E-state index contributed by atoms with van der Waals surface area (Å²) in [6.45, 7) is 7.46. The van der Waals surface area contributed by atoms with E-state index in [1.165, 1.54) is 23.5 Å². The Morgan fingerprint density at radius 1 is 1.19 bits per heavy atom. The number of carbonyl (C=O) groups is 1. The van der Waals surface area contributed by atoms with Gasteiger partial charge in [-0.3, -0.25) is 9.69 Å². The van der Waals surface area contributed by atoms with Crippen LogP contribution in [0.3, 0.4) is 0 Å². The number of benzene rings is 2. The third kappa shape index (κ3) is 6.94. The van der Waals surface area contributed by atoms with Gasteiger partial charge >= 0.3 is 5.97 Å². The highest BCUT2D eigenvalue weighted by molar-refractivity contribution is 7.89. The standard InChI is InChI=1S/C30H32N6O5S2/c1-4-40-29(37)23-17-36(16-20-5-7-22(8-6-20)43(32,38)39)11-9-24(23)33-30-34-25-10-12-42-27(25)28(35-30)41-26-18(2)13-21(15-31)14-19(26)3/h5-8,10,12-14,23-24H,4,9,11,16-17H2,1-3H3,(H2,32,38,39)(H,33,34,35). The van der Waals surface area contributed by atoms with Gasteiger partial charge in [-0.25, -0.2) is 18.5 Å². The number of nitriles is 1. The summed E-state index contributed by atoms with van der Waals surface area (Å²) in [6, 6.07) is 13.8. The molecule has 0 bridgehead atoms. The summed E-state index contributed by atoms with van der Waals surface area (Å²) < 4.78 is 35.8. The molecule has 3 N–H and O–H groups in total. The van der Waals surface area contributed by atoms with Crippen molar-refractivity contribution < 1.29 is 22.7 Å². The number of hydrogen-bond acceptors (Lipinski definition) is 11. The van der Waals surface area contributed by atoms with E-state index in [0.717, 1.165) is 26.9 Å². The quantitative estimate of drug-likeness (QED) is 0.255. The summed E-state index contributed by atoms with van der Waals surface area (Å²) in [5, 5.41) is 19.8.